The molecule has 0 spiro atoms. The summed E-state index contributed by atoms with van der Waals surface area (Å²) in [5.41, 5.74) is 1.40. The van der Waals surface area contributed by atoms with Gasteiger partial charge in [-0.2, -0.15) is 0 Å². The van der Waals surface area contributed by atoms with Crippen molar-refractivity contribution in [2.75, 3.05) is 17.7 Å². The number of amides is 1. The Kier molecular flexibility index (Phi) is 7.01. The van der Waals surface area contributed by atoms with E-state index in [1.807, 2.05) is 25.3 Å². The Labute approximate surface area is 155 Å². The van der Waals surface area contributed by atoms with E-state index in [1.165, 1.54) is 23.1 Å². The third kappa shape index (κ3) is 4.60. The normalized spacial score (nSPS) is 10.7. The van der Waals surface area contributed by atoms with Crippen LogP contribution in [0.15, 0.2) is 11.5 Å². The van der Waals surface area contributed by atoms with Crippen LogP contribution in [-0.4, -0.2) is 39.0 Å². The summed E-state index contributed by atoms with van der Waals surface area (Å²) in [6.07, 6.45) is 2.34. The van der Waals surface area contributed by atoms with E-state index in [1.54, 1.807) is 13.3 Å². The lowest BCUT2D eigenvalue weighted by molar-refractivity contribution is -0.113. The summed E-state index contributed by atoms with van der Waals surface area (Å²) in [6, 6.07) is 0. The molecule has 0 unspecified atom stereocenters. The monoisotopic (exact) mass is 382 g/mol. The maximum Gasteiger partial charge on any atom is 0.341 e. The molecule has 2 aromatic rings. The number of esters is 1. The number of rotatable bonds is 8. The number of nitrogens with one attached hydrogen (secondary N) is 1. The maximum atomic E-state index is 12.3. The van der Waals surface area contributed by atoms with Gasteiger partial charge in [0.25, 0.3) is 0 Å². The Morgan fingerprint density at radius 1 is 1.36 bits per heavy atom. The molecule has 0 aliphatic heterocycles. The molecule has 0 saturated heterocycles. The predicted molar refractivity (Wildman–Crippen MR) is 99.4 cm³/mol. The van der Waals surface area contributed by atoms with Crippen LogP contribution in [0.5, 0.6) is 0 Å². The summed E-state index contributed by atoms with van der Waals surface area (Å²) in [4.78, 5) is 25.6. The number of carbonyl (C=O) groups is 2. The molecule has 136 valence electrons. The van der Waals surface area contributed by atoms with E-state index in [-0.39, 0.29) is 11.7 Å². The molecule has 1 amide bonds. The van der Waals surface area contributed by atoms with E-state index >= 15 is 0 Å². The number of aromatic nitrogens is 3. The summed E-state index contributed by atoms with van der Waals surface area (Å²) >= 11 is 2.72. The van der Waals surface area contributed by atoms with Gasteiger partial charge < -0.3 is 14.6 Å². The largest absolute Gasteiger partial charge is 0.462 e. The molecule has 9 heteroatoms. The molecular formula is C16H22N4O3S2. The quantitative estimate of drug-likeness (QED) is 0.558. The van der Waals surface area contributed by atoms with E-state index in [9.17, 15) is 9.59 Å². The van der Waals surface area contributed by atoms with Crippen molar-refractivity contribution < 1.29 is 14.3 Å². The Bertz CT molecular complexity index is 755. The molecule has 2 aromatic heterocycles. The van der Waals surface area contributed by atoms with E-state index in [0.29, 0.717) is 28.7 Å². The van der Waals surface area contributed by atoms with Crippen LogP contribution in [0.2, 0.25) is 0 Å². The van der Waals surface area contributed by atoms with Gasteiger partial charge >= 0.3 is 5.97 Å². The van der Waals surface area contributed by atoms with Crippen LogP contribution in [0, 0.1) is 6.92 Å². The Morgan fingerprint density at radius 2 is 2.12 bits per heavy atom. The van der Waals surface area contributed by atoms with Crippen molar-refractivity contribution in [3.05, 3.63) is 22.3 Å². The number of aryl methyl sites for hydroxylation is 2. The van der Waals surface area contributed by atoms with Crippen molar-refractivity contribution in [3.63, 3.8) is 0 Å². The molecule has 7 nitrogen and oxygen atoms in total. The van der Waals surface area contributed by atoms with Crippen LogP contribution < -0.4 is 5.32 Å². The van der Waals surface area contributed by atoms with Crippen LogP contribution in [0.25, 0.3) is 0 Å². The summed E-state index contributed by atoms with van der Waals surface area (Å²) in [5, 5.41) is 11.9. The number of thiophene rings is 1. The third-order valence-electron chi connectivity index (χ3n) is 3.55. The molecule has 25 heavy (non-hydrogen) atoms. The van der Waals surface area contributed by atoms with Crippen LogP contribution in [0.3, 0.4) is 0 Å². The molecule has 0 bridgehead atoms. The lowest BCUT2D eigenvalue weighted by Gasteiger charge is -2.08. The SMILES string of the molecule is CCOC(=O)c1c(NC(=O)CSc2nncn2CC)sc(C)c1CC. The molecule has 0 saturated carbocycles. The fourth-order valence-electron chi connectivity index (χ4n) is 2.38. The second kappa shape index (κ2) is 9.00. The minimum atomic E-state index is -0.391. The number of thioether (sulfide) groups is 1. The Balaban J connectivity index is 2.11. The van der Waals surface area contributed by atoms with Crippen LogP contribution in [0.4, 0.5) is 5.00 Å². The lowest BCUT2D eigenvalue weighted by Crippen LogP contribution is -2.17. The van der Waals surface area contributed by atoms with Crippen molar-refractivity contribution in [3.8, 4) is 0 Å². The second-order valence-corrected chi connectivity index (χ2v) is 7.32. The standard InChI is InChI=1S/C16H22N4O3S2/c1-5-11-10(4)25-14(13(11)15(22)23-7-3)18-12(21)8-24-16-19-17-9-20(16)6-2/h9H,5-8H2,1-4H3,(H,18,21). The van der Waals surface area contributed by atoms with Crippen molar-refractivity contribution in [1.82, 2.24) is 14.8 Å². The molecule has 0 radical (unpaired) electrons. The molecular weight excluding hydrogens is 360 g/mol. The average Bonchev–Trinajstić information content (AvgIpc) is 3.16. The van der Waals surface area contributed by atoms with E-state index in [4.69, 9.17) is 4.74 Å². The number of carbonyl (C=O) groups excluding carboxylic acids is 2. The van der Waals surface area contributed by atoms with Crippen molar-refractivity contribution in [2.45, 2.75) is 45.8 Å². The number of ether oxygens (including phenoxy) is 1. The van der Waals surface area contributed by atoms with Crippen LogP contribution in [0.1, 0.15) is 41.6 Å². The van der Waals surface area contributed by atoms with Gasteiger partial charge in [0, 0.05) is 11.4 Å². The first-order chi connectivity index (χ1) is 12.0. The van der Waals surface area contributed by atoms with E-state index in [2.05, 4.69) is 15.5 Å². The average molecular weight is 383 g/mol. The number of hydrogen-bond acceptors (Lipinski definition) is 7. The Morgan fingerprint density at radius 3 is 2.76 bits per heavy atom. The highest BCUT2D eigenvalue weighted by atomic mass is 32.2. The van der Waals surface area contributed by atoms with Crippen molar-refractivity contribution >= 4 is 40.0 Å². The molecule has 0 aromatic carbocycles. The van der Waals surface area contributed by atoms with Gasteiger partial charge in [-0.05, 0) is 32.8 Å². The van der Waals surface area contributed by atoms with E-state index in [0.717, 1.165) is 17.0 Å². The summed E-state index contributed by atoms with van der Waals surface area (Å²) < 4.78 is 7.01. The molecule has 2 rings (SSSR count). The van der Waals surface area contributed by atoms with Gasteiger partial charge in [0.15, 0.2) is 5.16 Å². The molecule has 2 heterocycles. The van der Waals surface area contributed by atoms with Gasteiger partial charge in [0.2, 0.25) is 5.91 Å². The fourth-order valence-corrected chi connectivity index (χ4v) is 4.31. The predicted octanol–water partition coefficient (Wildman–Crippen LogP) is 3.14. The zero-order valence-electron chi connectivity index (χ0n) is 14.8. The first-order valence-electron chi connectivity index (χ1n) is 8.11. The smallest absolute Gasteiger partial charge is 0.341 e. The molecule has 1 N–H and O–H groups in total. The highest BCUT2D eigenvalue weighted by molar-refractivity contribution is 7.99. The molecule has 0 fully saturated rings. The fraction of sp³-hybridized carbons (Fsp3) is 0.500. The first-order valence-corrected chi connectivity index (χ1v) is 9.91. The van der Waals surface area contributed by atoms with Gasteiger partial charge in [0.1, 0.15) is 11.3 Å². The highest BCUT2D eigenvalue weighted by Crippen LogP contribution is 2.34. The number of anilines is 1. The Hall–Kier alpha value is -1.87. The topological polar surface area (TPSA) is 86.1 Å². The molecule has 0 aliphatic carbocycles. The van der Waals surface area contributed by atoms with Gasteiger partial charge in [-0.15, -0.1) is 21.5 Å². The van der Waals surface area contributed by atoms with E-state index < -0.39 is 5.97 Å². The third-order valence-corrected chi connectivity index (χ3v) is 5.59. The van der Waals surface area contributed by atoms with Crippen LogP contribution in [-0.2, 0) is 22.5 Å². The van der Waals surface area contributed by atoms with Gasteiger partial charge in [-0.3, -0.25) is 4.79 Å². The lowest BCUT2D eigenvalue weighted by atomic mass is 10.1. The highest BCUT2D eigenvalue weighted by Gasteiger charge is 2.23. The number of nitrogens with zero attached hydrogens (tertiary/aromatic N) is 3. The zero-order valence-corrected chi connectivity index (χ0v) is 16.4. The van der Waals surface area contributed by atoms with Gasteiger partial charge in [-0.1, -0.05) is 18.7 Å². The molecule has 0 aliphatic rings. The maximum absolute atomic E-state index is 12.3. The van der Waals surface area contributed by atoms with Crippen molar-refractivity contribution in [1.29, 1.82) is 0 Å². The summed E-state index contributed by atoms with van der Waals surface area (Å²) in [7, 11) is 0. The first kappa shape index (κ1) is 19.5. The summed E-state index contributed by atoms with van der Waals surface area (Å²) in [6.45, 7) is 8.72. The number of hydrogen-bond donors (Lipinski definition) is 1. The molecule has 0 atom stereocenters. The van der Waals surface area contributed by atoms with Gasteiger partial charge in [-0.25, -0.2) is 4.79 Å². The van der Waals surface area contributed by atoms with Crippen molar-refractivity contribution in [2.24, 2.45) is 0 Å². The van der Waals surface area contributed by atoms with Gasteiger partial charge in [0.05, 0.1) is 17.9 Å². The minimum Gasteiger partial charge on any atom is -0.462 e. The zero-order chi connectivity index (χ0) is 18.4. The minimum absolute atomic E-state index is 0.190. The summed E-state index contributed by atoms with van der Waals surface area (Å²) in [5.74, 6) is -0.387. The van der Waals surface area contributed by atoms with Crippen LogP contribution >= 0.6 is 23.1 Å². The second-order valence-electron chi connectivity index (χ2n) is 5.15.